The fraction of sp³-hybridized carbons (Fsp3) is 0.938. The number of β-amino-alcohol motifs (C(OH)–C–C–N with tert-alkyl or cyclic N) is 1. The minimum Gasteiger partial charge on any atom is -0.391 e. The van der Waals surface area contributed by atoms with Gasteiger partial charge in [-0.2, -0.15) is 0 Å². The van der Waals surface area contributed by atoms with Crippen LogP contribution in [0.15, 0.2) is 0 Å². The van der Waals surface area contributed by atoms with Gasteiger partial charge in [0.2, 0.25) is 5.91 Å². The van der Waals surface area contributed by atoms with Crippen molar-refractivity contribution < 1.29 is 14.6 Å². The SMILES string of the molecule is CC(C)CCCSSCC(=O)N1C[C@@H](O)C[C@H]1COC(C)C. The number of aliphatic hydroxyl groups is 1. The largest absolute Gasteiger partial charge is 0.391 e. The van der Waals surface area contributed by atoms with Crippen LogP contribution in [0.1, 0.15) is 47.0 Å². The lowest BCUT2D eigenvalue weighted by atomic mass is 10.1. The molecule has 1 N–H and O–H groups in total. The zero-order valence-corrected chi connectivity index (χ0v) is 15.9. The molecule has 6 heteroatoms. The maximum Gasteiger partial charge on any atom is 0.233 e. The molecule has 1 saturated heterocycles. The summed E-state index contributed by atoms with van der Waals surface area (Å²) in [5.74, 6) is 2.45. The molecule has 0 radical (unpaired) electrons. The van der Waals surface area contributed by atoms with E-state index in [2.05, 4.69) is 13.8 Å². The first-order valence-electron chi connectivity index (χ1n) is 8.23. The first-order valence-corrected chi connectivity index (χ1v) is 10.7. The lowest BCUT2D eigenvalue weighted by Crippen LogP contribution is -2.40. The van der Waals surface area contributed by atoms with Crippen LogP contribution in [0, 0.1) is 5.92 Å². The predicted molar refractivity (Wildman–Crippen MR) is 96.2 cm³/mol. The summed E-state index contributed by atoms with van der Waals surface area (Å²) >= 11 is 0. The highest BCUT2D eigenvalue weighted by atomic mass is 33.1. The number of rotatable bonds is 10. The molecule has 0 aromatic carbocycles. The van der Waals surface area contributed by atoms with Crippen LogP contribution < -0.4 is 0 Å². The third kappa shape index (κ3) is 8.09. The van der Waals surface area contributed by atoms with Crippen molar-refractivity contribution in [1.82, 2.24) is 4.90 Å². The van der Waals surface area contributed by atoms with E-state index in [-0.39, 0.29) is 18.1 Å². The van der Waals surface area contributed by atoms with Crippen LogP contribution in [-0.4, -0.2) is 58.8 Å². The maximum absolute atomic E-state index is 12.3. The normalized spacial score (nSPS) is 22.0. The number of hydrogen-bond acceptors (Lipinski definition) is 5. The average molecular weight is 350 g/mol. The van der Waals surface area contributed by atoms with Gasteiger partial charge >= 0.3 is 0 Å². The topological polar surface area (TPSA) is 49.8 Å². The Balaban J connectivity index is 2.24. The Morgan fingerprint density at radius 3 is 2.68 bits per heavy atom. The molecule has 1 amide bonds. The van der Waals surface area contributed by atoms with E-state index in [0.717, 1.165) is 11.7 Å². The Morgan fingerprint density at radius 2 is 2.05 bits per heavy atom. The van der Waals surface area contributed by atoms with Crippen molar-refractivity contribution in [3.63, 3.8) is 0 Å². The standard InChI is InChI=1S/C16H31NO3S2/c1-12(2)6-5-7-21-22-11-16(19)17-9-15(18)8-14(17)10-20-13(3)4/h12-15,18H,5-11H2,1-4H3/t14-,15-/m0/s1. The smallest absolute Gasteiger partial charge is 0.233 e. The average Bonchev–Trinajstić information content (AvgIpc) is 2.81. The molecule has 0 bridgehead atoms. The van der Waals surface area contributed by atoms with Crippen molar-refractivity contribution >= 4 is 27.5 Å². The van der Waals surface area contributed by atoms with Crippen molar-refractivity contribution in [2.75, 3.05) is 24.7 Å². The van der Waals surface area contributed by atoms with Gasteiger partial charge in [0.1, 0.15) is 0 Å². The van der Waals surface area contributed by atoms with Crippen molar-refractivity contribution in [3.8, 4) is 0 Å². The first-order chi connectivity index (χ1) is 10.4. The third-order valence-electron chi connectivity index (χ3n) is 3.61. The Morgan fingerprint density at radius 1 is 1.32 bits per heavy atom. The zero-order valence-electron chi connectivity index (χ0n) is 14.3. The lowest BCUT2D eigenvalue weighted by molar-refractivity contribution is -0.130. The van der Waals surface area contributed by atoms with E-state index < -0.39 is 6.10 Å². The van der Waals surface area contributed by atoms with Gasteiger partial charge in [-0.15, -0.1) is 0 Å². The molecule has 1 aliphatic rings. The Hall–Kier alpha value is 0.0900. The van der Waals surface area contributed by atoms with Gasteiger partial charge in [0.05, 0.1) is 30.6 Å². The second-order valence-corrected chi connectivity index (χ2v) is 9.17. The fourth-order valence-electron chi connectivity index (χ4n) is 2.44. The summed E-state index contributed by atoms with van der Waals surface area (Å²) < 4.78 is 5.62. The molecule has 130 valence electrons. The summed E-state index contributed by atoms with van der Waals surface area (Å²) in [6.45, 7) is 9.41. The van der Waals surface area contributed by atoms with E-state index in [9.17, 15) is 9.90 Å². The number of carbonyl (C=O) groups is 1. The van der Waals surface area contributed by atoms with Gasteiger partial charge in [-0.25, -0.2) is 0 Å². The van der Waals surface area contributed by atoms with Crippen molar-refractivity contribution in [1.29, 1.82) is 0 Å². The Kier molecular flexibility index (Phi) is 9.87. The summed E-state index contributed by atoms with van der Waals surface area (Å²) in [5, 5.41) is 9.82. The third-order valence-corrected chi connectivity index (χ3v) is 5.95. The quantitative estimate of drug-likeness (QED) is 0.485. The van der Waals surface area contributed by atoms with Gasteiger partial charge in [-0.3, -0.25) is 4.79 Å². The minimum absolute atomic E-state index is 0.0245. The van der Waals surface area contributed by atoms with Crippen molar-refractivity contribution in [2.45, 2.75) is 65.2 Å². The number of amides is 1. The molecule has 0 unspecified atom stereocenters. The Bertz CT molecular complexity index is 327. The minimum atomic E-state index is -0.409. The molecule has 0 aromatic rings. The molecule has 1 heterocycles. The number of hydrogen-bond donors (Lipinski definition) is 1. The first kappa shape index (κ1) is 20.1. The molecule has 1 fully saturated rings. The van der Waals surface area contributed by atoms with E-state index in [1.54, 1.807) is 26.5 Å². The van der Waals surface area contributed by atoms with Crippen LogP contribution in [0.25, 0.3) is 0 Å². The monoisotopic (exact) mass is 349 g/mol. The van der Waals surface area contributed by atoms with E-state index in [1.165, 1.54) is 12.8 Å². The molecule has 0 spiro atoms. The molecule has 0 aliphatic carbocycles. The Labute approximate surface area is 143 Å². The summed E-state index contributed by atoms with van der Waals surface area (Å²) in [5.41, 5.74) is 0. The second-order valence-electron chi connectivity index (χ2n) is 6.59. The van der Waals surface area contributed by atoms with Gasteiger partial charge in [0, 0.05) is 12.3 Å². The van der Waals surface area contributed by atoms with Crippen LogP contribution in [0.5, 0.6) is 0 Å². The second kappa shape index (κ2) is 10.8. The van der Waals surface area contributed by atoms with Crippen LogP contribution in [0.3, 0.4) is 0 Å². The van der Waals surface area contributed by atoms with Gasteiger partial charge in [-0.05, 0) is 32.6 Å². The summed E-state index contributed by atoms with van der Waals surface area (Å²) in [6.07, 6.45) is 2.82. The zero-order chi connectivity index (χ0) is 16.5. The molecule has 4 nitrogen and oxygen atoms in total. The van der Waals surface area contributed by atoms with Gasteiger partial charge in [0.15, 0.2) is 0 Å². The summed E-state index contributed by atoms with van der Waals surface area (Å²) in [6, 6.07) is 0.0245. The highest BCUT2D eigenvalue weighted by molar-refractivity contribution is 8.76. The van der Waals surface area contributed by atoms with Crippen LogP contribution in [0.2, 0.25) is 0 Å². The maximum atomic E-state index is 12.3. The molecule has 1 rings (SSSR count). The van der Waals surface area contributed by atoms with E-state index in [4.69, 9.17) is 4.74 Å². The van der Waals surface area contributed by atoms with Crippen molar-refractivity contribution in [2.24, 2.45) is 5.92 Å². The van der Waals surface area contributed by atoms with Crippen LogP contribution in [0.4, 0.5) is 0 Å². The number of ether oxygens (including phenoxy) is 1. The van der Waals surface area contributed by atoms with Gasteiger partial charge in [0.25, 0.3) is 0 Å². The summed E-state index contributed by atoms with van der Waals surface area (Å²) in [7, 11) is 3.41. The molecule has 2 atom stereocenters. The molecule has 22 heavy (non-hydrogen) atoms. The number of nitrogens with zero attached hydrogens (tertiary/aromatic N) is 1. The molecular formula is C16H31NO3S2. The van der Waals surface area contributed by atoms with Crippen LogP contribution in [-0.2, 0) is 9.53 Å². The predicted octanol–water partition coefficient (Wildman–Crippen LogP) is 3.19. The van der Waals surface area contributed by atoms with Gasteiger partial charge < -0.3 is 14.7 Å². The van der Waals surface area contributed by atoms with E-state index in [1.807, 2.05) is 13.8 Å². The van der Waals surface area contributed by atoms with E-state index >= 15 is 0 Å². The molecular weight excluding hydrogens is 318 g/mol. The van der Waals surface area contributed by atoms with Gasteiger partial charge in [-0.1, -0.05) is 41.9 Å². The van der Waals surface area contributed by atoms with Crippen molar-refractivity contribution in [3.05, 3.63) is 0 Å². The fourth-order valence-corrected chi connectivity index (χ4v) is 4.46. The highest BCUT2D eigenvalue weighted by Crippen LogP contribution is 2.26. The number of carbonyl (C=O) groups excluding carboxylic acids is 1. The lowest BCUT2D eigenvalue weighted by Gasteiger charge is -2.25. The molecule has 1 aliphatic heterocycles. The number of aliphatic hydroxyl groups excluding tert-OH is 1. The molecule has 0 saturated carbocycles. The summed E-state index contributed by atoms with van der Waals surface area (Å²) in [4.78, 5) is 14.1. The van der Waals surface area contributed by atoms with Crippen LogP contribution >= 0.6 is 21.6 Å². The highest BCUT2D eigenvalue weighted by Gasteiger charge is 2.34. The number of likely N-dealkylation sites (tertiary alicyclic amines) is 1. The van der Waals surface area contributed by atoms with E-state index in [0.29, 0.717) is 25.3 Å². The molecule has 0 aromatic heterocycles.